The van der Waals surface area contributed by atoms with Crippen molar-refractivity contribution >= 4 is 17.4 Å². The van der Waals surface area contributed by atoms with Gasteiger partial charge in [0.05, 0.1) is 5.69 Å². The first-order valence-corrected chi connectivity index (χ1v) is 9.12. The Balaban J connectivity index is 1.56. The molecular weight excluding hydrogens is 334 g/mol. The maximum Gasteiger partial charge on any atom is 0.252 e. The molecule has 0 spiro atoms. The van der Waals surface area contributed by atoms with Gasteiger partial charge in [-0.1, -0.05) is 23.7 Å². The molecule has 3 aromatic rings. The normalized spacial score (nSPS) is 18.8. The molecule has 0 N–H and O–H groups in total. The predicted octanol–water partition coefficient (Wildman–Crippen LogP) is 3.77. The third-order valence-corrected chi connectivity index (χ3v) is 5.38. The second kappa shape index (κ2) is 6.73. The second-order valence-electron chi connectivity index (χ2n) is 6.95. The van der Waals surface area contributed by atoms with Crippen LogP contribution in [0.5, 0.6) is 0 Å². The van der Waals surface area contributed by atoms with E-state index in [-0.39, 0.29) is 0 Å². The number of hydrogen-bond acceptors (Lipinski definition) is 4. The van der Waals surface area contributed by atoms with E-state index in [1.54, 1.807) is 6.33 Å². The molecule has 1 aromatic carbocycles. The number of likely N-dealkylation sites (tertiary alicyclic amines) is 1. The van der Waals surface area contributed by atoms with Crippen molar-refractivity contribution in [1.82, 2.24) is 24.5 Å². The molecule has 1 aliphatic heterocycles. The fourth-order valence-electron chi connectivity index (χ4n) is 3.75. The molecule has 1 aliphatic rings. The molecule has 6 heteroatoms. The van der Waals surface area contributed by atoms with Crippen LogP contribution in [-0.2, 0) is 6.54 Å². The van der Waals surface area contributed by atoms with Gasteiger partial charge in [0.15, 0.2) is 0 Å². The van der Waals surface area contributed by atoms with Crippen LogP contribution in [0.25, 0.3) is 5.78 Å². The molecule has 5 nitrogen and oxygen atoms in total. The quantitative estimate of drug-likeness (QED) is 0.717. The Bertz CT molecular complexity index is 904. The molecule has 130 valence electrons. The summed E-state index contributed by atoms with van der Waals surface area (Å²) in [5, 5.41) is 5.21. The highest BCUT2D eigenvalue weighted by Gasteiger charge is 2.24. The minimum atomic E-state index is 0.452. The standard InChI is InChI=1S/C19H22ClN5/c1-13-8-15(5-6-17(13)20)10-24-7-3-4-16(11-24)18-9-14(2)23-19-21-12-22-25(18)19/h5-6,8-9,12,16H,3-4,7,10-11H2,1-2H3. The Labute approximate surface area is 152 Å². The van der Waals surface area contributed by atoms with Crippen molar-refractivity contribution < 1.29 is 0 Å². The highest BCUT2D eigenvalue weighted by molar-refractivity contribution is 6.31. The summed E-state index contributed by atoms with van der Waals surface area (Å²) >= 11 is 6.15. The zero-order valence-corrected chi connectivity index (χ0v) is 15.4. The van der Waals surface area contributed by atoms with Crippen molar-refractivity contribution in [2.45, 2.75) is 39.2 Å². The van der Waals surface area contributed by atoms with Crippen LogP contribution in [0.1, 0.15) is 41.3 Å². The van der Waals surface area contributed by atoms with Crippen LogP contribution in [0.3, 0.4) is 0 Å². The Morgan fingerprint density at radius 1 is 1.24 bits per heavy atom. The third-order valence-electron chi connectivity index (χ3n) is 4.96. The molecule has 1 unspecified atom stereocenters. The molecule has 4 rings (SSSR count). The summed E-state index contributed by atoms with van der Waals surface area (Å²) in [5.74, 6) is 1.15. The van der Waals surface area contributed by atoms with Gasteiger partial charge >= 0.3 is 0 Å². The van der Waals surface area contributed by atoms with Gasteiger partial charge in [0, 0.05) is 29.7 Å². The molecule has 1 atom stereocenters. The zero-order chi connectivity index (χ0) is 17.4. The van der Waals surface area contributed by atoms with Crippen LogP contribution in [0.15, 0.2) is 30.6 Å². The lowest BCUT2D eigenvalue weighted by molar-refractivity contribution is 0.197. The lowest BCUT2D eigenvalue weighted by Crippen LogP contribution is -2.34. The fraction of sp³-hybridized carbons (Fsp3) is 0.421. The third kappa shape index (κ3) is 3.39. The Morgan fingerprint density at radius 2 is 2.12 bits per heavy atom. The maximum absolute atomic E-state index is 6.15. The van der Waals surface area contributed by atoms with Crippen LogP contribution < -0.4 is 0 Å². The SMILES string of the molecule is Cc1cc(C2CCCN(Cc3ccc(Cl)c(C)c3)C2)n2ncnc2n1. The average molecular weight is 356 g/mol. The lowest BCUT2D eigenvalue weighted by atomic mass is 9.93. The molecule has 0 aliphatic carbocycles. The van der Waals surface area contributed by atoms with Crippen molar-refractivity contribution in [2.24, 2.45) is 0 Å². The van der Waals surface area contributed by atoms with Crippen molar-refractivity contribution in [3.05, 3.63) is 58.1 Å². The summed E-state index contributed by atoms with van der Waals surface area (Å²) in [6.07, 6.45) is 3.95. The number of fused-ring (bicyclic) bond motifs is 1. The van der Waals surface area contributed by atoms with E-state index in [1.807, 2.05) is 17.5 Å². The Hall–Kier alpha value is -1.98. The lowest BCUT2D eigenvalue weighted by Gasteiger charge is -2.33. The summed E-state index contributed by atoms with van der Waals surface area (Å²) in [6, 6.07) is 8.48. The van der Waals surface area contributed by atoms with E-state index < -0.39 is 0 Å². The van der Waals surface area contributed by atoms with Gasteiger partial charge in [-0.25, -0.2) is 9.50 Å². The molecule has 3 heterocycles. The van der Waals surface area contributed by atoms with Gasteiger partial charge in [-0.3, -0.25) is 4.90 Å². The number of benzene rings is 1. The van der Waals surface area contributed by atoms with Crippen molar-refractivity contribution in [2.75, 3.05) is 13.1 Å². The van der Waals surface area contributed by atoms with E-state index in [2.05, 4.69) is 45.1 Å². The van der Waals surface area contributed by atoms with Gasteiger partial charge in [0.2, 0.25) is 0 Å². The monoisotopic (exact) mass is 355 g/mol. The summed E-state index contributed by atoms with van der Waals surface area (Å²) in [6.45, 7) is 7.20. The van der Waals surface area contributed by atoms with Gasteiger partial charge in [-0.2, -0.15) is 10.1 Å². The number of rotatable bonds is 3. The van der Waals surface area contributed by atoms with Gasteiger partial charge in [-0.05, 0) is 56.5 Å². The van der Waals surface area contributed by atoms with Crippen molar-refractivity contribution in [3.63, 3.8) is 0 Å². The van der Waals surface area contributed by atoms with Crippen molar-refractivity contribution in [1.29, 1.82) is 0 Å². The predicted molar refractivity (Wildman–Crippen MR) is 99.0 cm³/mol. The van der Waals surface area contributed by atoms with E-state index >= 15 is 0 Å². The van der Waals surface area contributed by atoms with Crippen molar-refractivity contribution in [3.8, 4) is 0 Å². The fourth-order valence-corrected chi connectivity index (χ4v) is 3.87. The Morgan fingerprint density at radius 3 is 2.96 bits per heavy atom. The molecule has 25 heavy (non-hydrogen) atoms. The summed E-state index contributed by atoms with van der Waals surface area (Å²) in [4.78, 5) is 11.2. The second-order valence-corrected chi connectivity index (χ2v) is 7.36. The molecule has 0 saturated carbocycles. The van der Waals surface area contributed by atoms with Crippen LogP contribution in [-0.4, -0.2) is 37.6 Å². The van der Waals surface area contributed by atoms with Gasteiger partial charge in [0.1, 0.15) is 6.33 Å². The van der Waals surface area contributed by atoms with E-state index in [9.17, 15) is 0 Å². The number of nitrogens with zero attached hydrogens (tertiary/aromatic N) is 5. The number of aromatic nitrogens is 4. The molecule has 0 bridgehead atoms. The molecule has 0 amide bonds. The molecule has 2 aromatic heterocycles. The minimum absolute atomic E-state index is 0.452. The number of aryl methyl sites for hydroxylation is 2. The first kappa shape index (κ1) is 16.5. The number of piperidine rings is 1. The van der Waals surface area contributed by atoms with E-state index in [0.717, 1.165) is 35.9 Å². The van der Waals surface area contributed by atoms with Crippen LogP contribution >= 0.6 is 11.6 Å². The van der Waals surface area contributed by atoms with Crippen LogP contribution in [0, 0.1) is 13.8 Å². The van der Waals surface area contributed by atoms with E-state index in [1.165, 1.54) is 24.1 Å². The highest BCUT2D eigenvalue weighted by Crippen LogP contribution is 2.28. The topological polar surface area (TPSA) is 46.3 Å². The molecule has 1 saturated heterocycles. The van der Waals surface area contributed by atoms with Crippen LogP contribution in [0.2, 0.25) is 5.02 Å². The maximum atomic E-state index is 6.15. The Kier molecular flexibility index (Phi) is 4.44. The average Bonchev–Trinajstić information content (AvgIpc) is 3.06. The van der Waals surface area contributed by atoms with Gasteiger partial charge < -0.3 is 0 Å². The zero-order valence-electron chi connectivity index (χ0n) is 14.6. The van der Waals surface area contributed by atoms with E-state index in [0.29, 0.717) is 11.7 Å². The van der Waals surface area contributed by atoms with Gasteiger partial charge in [-0.15, -0.1) is 0 Å². The number of halogens is 1. The molecule has 1 fully saturated rings. The summed E-state index contributed by atoms with van der Waals surface area (Å²) in [5.41, 5.74) is 4.68. The molecular formula is C19H22ClN5. The smallest absolute Gasteiger partial charge is 0.252 e. The first-order chi connectivity index (χ1) is 12.1. The minimum Gasteiger partial charge on any atom is -0.298 e. The van der Waals surface area contributed by atoms with Crippen LogP contribution in [0.4, 0.5) is 0 Å². The summed E-state index contributed by atoms with van der Waals surface area (Å²) in [7, 11) is 0. The first-order valence-electron chi connectivity index (χ1n) is 8.75. The van der Waals surface area contributed by atoms with Gasteiger partial charge in [0.25, 0.3) is 5.78 Å². The molecule has 0 radical (unpaired) electrons. The highest BCUT2D eigenvalue weighted by atomic mass is 35.5. The number of hydrogen-bond donors (Lipinski definition) is 0. The largest absolute Gasteiger partial charge is 0.298 e. The summed E-state index contributed by atoms with van der Waals surface area (Å²) < 4.78 is 1.90. The van der Waals surface area contributed by atoms with E-state index in [4.69, 9.17) is 11.6 Å².